The minimum atomic E-state index is -1.50. The van der Waals surface area contributed by atoms with E-state index < -0.39 is 37.3 Å². The Hall–Kier alpha value is -2.36. The van der Waals surface area contributed by atoms with Crippen molar-refractivity contribution in [3.05, 3.63) is 53.6 Å². The normalized spacial score (nSPS) is 26.3. The van der Waals surface area contributed by atoms with Gasteiger partial charge in [-0.1, -0.05) is 12.1 Å². The molecule has 1 heterocycles. The zero-order chi connectivity index (χ0) is 21.7. The molecule has 1 aliphatic rings. The molecule has 2 aromatic carbocycles. The lowest BCUT2D eigenvalue weighted by atomic mass is 9.99. The summed E-state index contributed by atoms with van der Waals surface area (Å²) in [5.41, 5.74) is 2.06. The zero-order valence-corrected chi connectivity index (χ0v) is 17.0. The van der Waals surface area contributed by atoms with E-state index in [1.807, 2.05) is 30.3 Å². The highest BCUT2D eigenvalue weighted by atomic mass is 16.7. The summed E-state index contributed by atoms with van der Waals surface area (Å²) in [4.78, 5) is 0. The van der Waals surface area contributed by atoms with Crippen LogP contribution in [0.4, 0.5) is 0 Å². The van der Waals surface area contributed by atoms with E-state index in [1.54, 1.807) is 26.4 Å². The second kappa shape index (κ2) is 10.1. The molecule has 3 rings (SSSR count). The number of hydrogen-bond acceptors (Lipinski definition) is 8. The van der Waals surface area contributed by atoms with E-state index in [0.717, 1.165) is 23.3 Å². The first kappa shape index (κ1) is 22.3. The fraction of sp³-hybridized carbons (Fsp3) is 0.455. The molecule has 0 aliphatic carbocycles. The number of rotatable bonds is 8. The van der Waals surface area contributed by atoms with E-state index in [0.29, 0.717) is 17.9 Å². The van der Waals surface area contributed by atoms with E-state index in [4.69, 9.17) is 18.9 Å². The minimum absolute atomic E-state index is 0.374. The average Bonchev–Trinajstić information content (AvgIpc) is 2.78. The quantitative estimate of drug-likeness (QED) is 0.492. The van der Waals surface area contributed by atoms with Crippen molar-refractivity contribution in [3.63, 3.8) is 0 Å². The molecule has 4 N–H and O–H groups in total. The van der Waals surface area contributed by atoms with Gasteiger partial charge in [-0.2, -0.15) is 0 Å². The van der Waals surface area contributed by atoms with Crippen molar-refractivity contribution in [3.8, 4) is 17.2 Å². The summed E-state index contributed by atoms with van der Waals surface area (Å²) in [6, 6.07) is 13.1. The summed E-state index contributed by atoms with van der Waals surface area (Å²) in [7, 11) is 3.17. The van der Waals surface area contributed by atoms with E-state index >= 15 is 0 Å². The molecule has 8 heteroatoms. The molecule has 0 saturated carbocycles. The van der Waals surface area contributed by atoms with Gasteiger partial charge in [0.05, 0.1) is 20.8 Å². The highest BCUT2D eigenvalue weighted by Gasteiger charge is 2.44. The Morgan fingerprint density at radius 3 is 2.17 bits per heavy atom. The lowest BCUT2D eigenvalue weighted by molar-refractivity contribution is -0.277. The Morgan fingerprint density at radius 2 is 1.47 bits per heavy atom. The number of aliphatic hydroxyl groups excluding tert-OH is 4. The fourth-order valence-corrected chi connectivity index (χ4v) is 3.38. The summed E-state index contributed by atoms with van der Waals surface area (Å²) >= 11 is 0. The predicted molar refractivity (Wildman–Crippen MR) is 108 cm³/mol. The first-order chi connectivity index (χ1) is 14.4. The van der Waals surface area contributed by atoms with Crippen molar-refractivity contribution in [2.24, 2.45) is 0 Å². The molecule has 0 radical (unpaired) electrons. The summed E-state index contributed by atoms with van der Waals surface area (Å²) in [5, 5.41) is 39.4. The Bertz CT molecular complexity index is 825. The van der Waals surface area contributed by atoms with Crippen LogP contribution >= 0.6 is 0 Å². The number of aliphatic hydroxyl groups is 4. The Balaban J connectivity index is 1.73. The van der Waals surface area contributed by atoms with Crippen molar-refractivity contribution in [2.45, 2.75) is 43.5 Å². The minimum Gasteiger partial charge on any atom is -0.497 e. The standard InChI is InChI=1S/C22H28O8/c1-27-15-5-3-4-13(8-15)6-7-14-9-16(28-2)11-17(10-14)29-22-21(26)20(25)19(24)18(12-23)30-22/h3-5,8-11,18-26H,6-7,12H2,1-2H3/t18-,19-,20+,21-,22-/m0/s1. The molecule has 0 aromatic heterocycles. The second-order valence-corrected chi connectivity index (χ2v) is 7.18. The fourth-order valence-electron chi connectivity index (χ4n) is 3.38. The molecule has 1 saturated heterocycles. The third-order valence-electron chi connectivity index (χ3n) is 5.11. The Morgan fingerprint density at radius 1 is 0.800 bits per heavy atom. The van der Waals surface area contributed by atoms with Gasteiger partial charge in [-0.25, -0.2) is 0 Å². The van der Waals surface area contributed by atoms with Gasteiger partial charge in [0.2, 0.25) is 6.29 Å². The van der Waals surface area contributed by atoms with Gasteiger partial charge in [-0.3, -0.25) is 0 Å². The maximum Gasteiger partial charge on any atom is 0.229 e. The monoisotopic (exact) mass is 420 g/mol. The number of methoxy groups -OCH3 is 2. The largest absolute Gasteiger partial charge is 0.497 e. The first-order valence-electron chi connectivity index (χ1n) is 9.73. The van der Waals surface area contributed by atoms with Crippen LogP contribution in [0.25, 0.3) is 0 Å². The smallest absolute Gasteiger partial charge is 0.229 e. The molecule has 0 amide bonds. The molecule has 30 heavy (non-hydrogen) atoms. The maximum absolute atomic E-state index is 10.2. The van der Waals surface area contributed by atoms with Gasteiger partial charge in [-0.05, 0) is 48.2 Å². The van der Waals surface area contributed by atoms with E-state index in [9.17, 15) is 20.4 Å². The predicted octanol–water partition coefficient (Wildman–Crippen LogP) is 0.668. The molecule has 0 spiro atoms. The van der Waals surface area contributed by atoms with Crippen molar-refractivity contribution in [1.29, 1.82) is 0 Å². The van der Waals surface area contributed by atoms with Crippen molar-refractivity contribution in [1.82, 2.24) is 0 Å². The van der Waals surface area contributed by atoms with E-state index in [2.05, 4.69) is 0 Å². The highest BCUT2D eigenvalue weighted by molar-refractivity contribution is 5.39. The van der Waals surface area contributed by atoms with Crippen LogP contribution in [0.5, 0.6) is 17.2 Å². The molecule has 164 valence electrons. The van der Waals surface area contributed by atoms with Gasteiger partial charge in [0.1, 0.15) is 41.7 Å². The van der Waals surface area contributed by atoms with Crippen molar-refractivity contribution in [2.75, 3.05) is 20.8 Å². The lowest BCUT2D eigenvalue weighted by Crippen LogP contribution is -2.60. The number of aryl methyl sites for hydroxylation is 2. The van der Waals surface area contributed by atoms with Crippen LogP contribution in [0, 0.1) is 0 Å². The lowest BCUT2D eigenvalue weighted by Gasteiger charge is -2.39. The molecular weight excluding hydrogens is 392 g/mol. The average molecular weight is 420 g/mol. The third kappa shape index (κ3) is 5.21. The van der Waals surface area contributed by atoms with Crippen LogP contribution in [-0.4, -0.2) is 72.0 Å². The molecule has 0 unspecified atom stereocenters. The van der Waals surface area contributed by atoms with Crippen molar-refractivity contribution >= 4 is 0 Å². The van der Waals surface area contributed by atoms with Crippen LogP contribution in [0.1, 0.15) is 11.1 Å². The molecule has 2 aromatic rings. The van der Waals surface area contributed by atoms with Gasteiger partial charge < -0.3 is 39.4 Å². The van der Waals surface area contributed by atoms with Crippen LogP contribution in [-0.2, 0) is 17.6 Å². The zero-order valence-electron chi connectivity index (χ0n) is 17.0. The molecular formula is C22H28O8. The van der Waals surface area contributed by atoms with Crippen LogP contribution in [0.3, 0.4) is 0 Å². The van der Waals surface area contributed by atoms with Crippen LogP contribution < -0.4 is 14.2 Å². The Labute approximate surface area is 175 Å². The topological polar surface area (TPSA) is 118 Å². The van der Waals surface area contributed by atoms with Crippen LogP contribution in [0.15, 0.2) is 42.5 Å². The number of hydrogen-bond donors (Lipinski definition) is 4. The number of benzene rings is 2. The summed E-state index contributed by atoms with van der Waals surface area (Å²) in [6.07, 6.45) is -5.23. The SMILES string of the molecule is COc1cccc(CCc2cc(OC)cc(O[C@H]3O[C@@H](CO)[C@H](O)[C@@H](O)[C@@H]3O)c2)c1. The van der Waals surface area contributed by atoms with E-state index in [-0.39, 0.29) is 0 Å². The Kier molecular flexibility index (Phi) is 7.52. The summed E-state index contributed by atoms with van der Waals surface area (Å²) < 4.78 is 21.8. The van der Waals surface area contributed by atoms with Gasteiger partial charge >= 0.3 is 0 Å². The summed E-state index contributed by atoms with van der Waals surface area (Å²) in [5.74, 6) is 1.74. The third-order valence-corrected chi connectivity index (χ3v) is 5.11. The highest BCUT2D eigenvalue weighted by Crippen LogP contribution is 2.28. The summed E-state index contributed by atoms with van der Waals surface area (Å²) in [6.45, 7) is -0.519. The van der Waals surface area contributed by atoms with Crippen LogP contribution in [0.2, 0.25) is 0 Å². The maximum atomic E-state index is 10.2. The van der Waals surface area contributed by atoms with Gasteiger partial charge in [0.15, 0.2) is 0 Å². The second-order valence-electron chi connectivity index (χ2n) is 7.18. The van der Waals surface area contributed by atoms with Crippen molar-refractivity contribution < 1.29 is 39.4 Å². The molecule has 1 aliphatic heterocycles. The van der Waals surface area contributed by atoms with E-state index in [1.165, 1.54) is 0 Å². The number of ether oxygens (including phenoxy) is 4. The van der Waals surface area contributed by atoms with Gasteiger partial charge in [-0.15, -0.1) is 0 Å². The molecule has 5 atom stereocenters. The molecule has 1 fully saturated rings. The van der Waals surface area contributed by atoms with Gasteiger partial charge in [0.25, 0.3) is 0 Å². The van der Waals surface area contributed by atoms with Gasteiger partial charge in [0, 0.05) is 6.07 Å². The molecule has 0 bridgehead atoms. The first-order valence-corrected chi connectivity index (χ1v) is 9.73. The molecule has 8 nitrogen and oxygen atoms in total.